The van der Waals surface area contributed by atoms with Crippen LogP contribution in [0.2, 0.25) is 0 Å². The van der Waals surface area contributed by atoms with Crippen molar-refractivity contribution in [1.82, 2.24) is 0 Å². The Morgan fingerprint density at radius 1 is 0.966 bits per heavy atom. The van der Waals surface area contributed by atoms with E-state index in [4.69, 9.17) is 9.47 Å². The van der Waals surface area contributed by atoms with Crippen LogP contribution in [0.4, 0.5) is 5.69 Å². The molecule has 1 heterocycles. The van der Waals surface area contributed by atoms with Crippen LogP contribution in [-0.2, 0) is 14.3 Å². The number of carbonyl (C=O) groups excluding carboxylic acids is 2. The average molecular weight is 391 g/mol. The molecule has 150 valence electrons. The molecule has 0 fully saturated rings. The smallest absolute Gasteiger partial charge is 0.340 e. The van der Waals surface area contributed by atoms with E-state index < -0.39 is 5.97 Å². The molecular formula is C24H25NO4. The monoisotopic (exact) mass is 391 g/mol. The molecule has 5 nitrogen and oxygen atoms in total. The van der Waals surface area contributed by atoms with Gasteiger partial charge in [0.1, 0.15) is 0 Å². The van der Waals surface area contributed by atoms with E-state index in [1.54, 1.807) is 19.1 Å². The summed E-state index contributed by atoms with van der Waals surface area (Å²) >= 11 is 0. The molecule has 1 aliphatic rings. The Labute approximate surface area is 171 Å². The summed E-state index contributed by atoms with van der Waals surface area (Å²) in [6.45, 7) is 4.20. The van der Waals surface area contributed by atoms with E-state index in [1.807, 2.05) is 48.7 Å². The van der Waals surface area contributed by atoms with E-state index in [0.29, 0.717) is 17.7 Å². The van der Waals surface area contributed by atoms with Gasteiger partial charge in [-0.15, -0.1) is 0 Å². The van der Waals surface area contributed by atoms with Crippen molar-refractivity contribution in [3.63, 3.8) is 0 Å². The topological polar surface area (TPSA) is 55.8 Å². The first-order chi connectivity index (χ1) is 14.1. The fraction of sp³-hybridized carbons (Fsp3) is 0.250. The summed E-state index contributed by atoms with van der Waals surface area (Å²) in [6, 6.07) is 17.1. The number of anilines is 1. The molecule has 29 heavy (non-hydrogen) atoms. The molecule has 2 aromatic carbocycles. The van der Waals surface area contributed by atoms with Crippen LogP contribution < -0.4 is 4.90 Å². The number of ether oxygens (including phenoxy) is 2. The molecule has 1 unspecified atom stereocenters. The van der Waals surface area contributed by atoms with Crippen molar-refractivity contribution in [2.45, 2.75) is 26.3 Å². The van der Waals surface area contributed by atoms with E-state index >= 15 is 0 Å². The van der Waals surface area contributed by atoms with Crippen molar-refractivity contribution >= 4 is 23.2 Å². The number of nitrogens with zero attached hydrogens (tertiary/aromatic N) is 1. The molecule has 3 rings (SSSR count). The third-order valence-corrected chi connectivity index (χ3v) is 4.86. The van der Waals surface area contributed by atoms with Crippen LogP contribution in [0.5, 0.6) is 0 Å². The first-order valence-corrected chi connectivity index (χ1v) is 9.72. The lowest BCUT2D eigenvalue weighted by atomic mass is 9.91. The maximum Gasteiger partial charge on any atom is 0.340 e. The van der Waals surface area contributed by atoms with Crippen LogP contribution in [0.3, 0.4) is 0 Å². The molecule has 1 atom stereocenters. The van der Waals surface area contributed by atoms with Crippen molar-refractivity contribution in [2.75, 3.05) is 18.6 Å². The number of hydrogen-bond acceptors (Lipinski definition) is 5. The Morgan fingerprint density at radius 3 is 2.24 bits per heavy atom. The second-order valence-electron chi connectivity index (χ2n) is 6.63. The van der Waals surface area contributed by atoms with Gasteiger partial charge in [-0.2, -0.15) is 0 Å². The molecule has 1 aliphatic heterocycles. The zero-order valence-electron chi connectivity index (χ0n) is 16.9. The van der Waals surface area contributed by atoms with Gasteiger partial charge in [0.15, 0.2) is 0 Å². The van der Waals surface area contributed by atoms with Crippen LogP contribution in [0.15, 0.2) is 72.4 Å². The maximum atomic E-state index is 12.7. The summed E-state index contributed by atoms with van der Waals surface area (Å²) in [6.07, 6.45) is 4.82. The minimum atomic E-state index is -0.392. The Bertz CT molecular complexity index is 929. The van der Waals surface area contributed by atoms with E-state index in [1.165, 1.54) is 7.11 Å². The molecule has 0 amide bonds. The average Bonchev–Trinajstić information content (AvgIpc) is 2.78. The van der Waals surface area contributed by atoms with Crippen LogP contribution in [0, 0.1) is 0 Å². The first-order valence-electron chi connectivity index (χ1n) is 9.72. The number of esters is 2. The molecule has 0 N–H and O–H groups in total. The summed E-state index contributed by atoms with van der Waals surface area (Å²) in [4.78, 5) is 26.6. The minimum absolute atomic E-state index is 0.0888. The van der Waals surface area contributed by atoms with Gasteiger partial charge in [0.2, 0.25) is 0 Å². The number of benzene rings is 2. The number of rotatable bonds is 6. The number of hydrogen-bond donors (Lipinski definition) is 0. The standard InChI is InChI=1S/C24H25NO4/c1-4-19-15-21(17-11-13-18(14-12-17)23(26)28-3)22(24(27)29-5-2)16-25(19)20-9-7-6-8-10-20/h6-16,19H,4-5H2,1-3H3. The second kappa shape index (κ2) is 9.24. The summed E-state index contributed by atoms with van der Waals surface area (Å²) in [5, 5.41) is 0. The first kappa shape index (κ1) is 20.4. The summed E-state index contributed by atoms with van der Waals surface area (Å²) < 4.78 is 10.1. The van der Waals surface area contributed by atoms with Gasteiger partial charge in [-0.25, -0.2) is 9.59 Å². The predicted molar refractivity (Wildman–Crippen MR) is 113 cm³/mol. The molecule has 0 aliphatic carbocycles. The SMILES string of the molecule is CCOC(=O)C1=CN(c2ccccc2)C(CC)C=C1c1ccc(C(=O)OC)cc1. The van der Waals surface area contributed by atoms with Gasteiger partial charge in [-0.05, 0) is 48.7 Å². The molecular weight excluding hydrogens is 366 g/mol. The number of methoxy groups -OCH3 is 1. The third kappa shape index (κ3) is 4.40. The highest BCUT2D eigenvalue weighted by atomic mass is 16.5. The molecule has 0 saturated carbocycles. The Morgan fingerprint density at radius 2 is 1.66 bits per heavy atom. The quantitative estimate of drug-likeness (QED) is 0.674. The highest BCUT2D eigenvalue weighted by molar-refractivity contribution is 6.07. The lowest BCUT2D eigenvalue weighted by Crippen LogP contribution is -2.33. The Balaban J connectivity index is 2.04. The van der Waals surface area contributed by atoms with E-state index in [-0.39, 0.29) is 12.0 Å². The molecule has 0 saturated heterocycles. The largest absolute Gasteiger partial charge is 0.465 e. The zero-order valence-corrected chi connectivity index (χ0v) is 16.9. The van der Waals surface area contributed by atoms with Gasteiger partial charge < -0.3 is 14.4 Å². The van der Waals surface area contributed by atoms with Gasteiger partial charge >= 0.3 is 11.9 Å². The highest BCUT2D eigenvalue weighted by Crippen LogP contribution is 2.34. The van der Waals surface area contributed by atoms with E-state index in [9.17, 15) is 9.59 Å². The fourth-order valence-corrected chi connectivity index (χ4v) is 3.37. The zero-order chi connectivity index (χ0) is 20.8. The van der Waals surface area contributed by atoms with E-state index in [0.717, 1.165) is 23.2 Å². The highest BCUT2D eigenvalue weighted by Gasteiger charge is 2.27. The van der Waals surface area contributed by atoms with Crippen molar-refractivity contribution in [2.24, 2.45) is 0 Å². The summed E-state index contributed by atoms with van der Waals surface area (Å²) in [5.41, 5.74) is 3.62. The lowest BCUT2D eigenvalue weighted by molar-refractivity contribution is -0.138. The molecule has 0 radical (unpaired) electrons. The van der Waals surface area contributed by atoms with Crippen molar-refractivity contribution in [1.29, 1.82) is 0 Å². The molecule has 0 spiro atoms. The van der Waals surface area contributed by atoms with Crippen molar-refractivity contribution in [3.8, 4) is 0 Å². The normalized spacial score (nSPS) is 16.0. The van der Waals surface area contributed by atoms with Crippen molar-refractivity contribution in [3.05, 3.63) is 83.6 Å². The van der Waals surface area contributed by atoms with Gasteiger partial charge in [0.25, 0.3) is 0 Å². The molecule has 5 heteroatoms. The Hall–Kier alpha value is -3.34. The van der Waals surface area contributed by atoms with E-state index in [2.05, 4.69) is 17.9 Å². The summed E-state index contributed by atoms with van der Waals surface area (Å²) in [5.74, 6) is -0.761. The lowest BCUT2D eigenvalue weighted by Gasteiger charge is -2.33. The van der Waals surface area contributed by atoms with Crippen LogP contribution >= 0.6 is 0 Å². The van der Waals surface area contributed by atoms with Gasteiger partial charge in [-0.3, -0.25) is 0 Å². The predicted octanol–water partition coefficient (Wildman–Crippen LogP) is 4.60. The van der Waals surface area contributed by atoms with Gasteiger partial charge in [-0.1, -0.05) is 43.3 Å². The minimum Gasteiger partial charge on any atom is -0.465 e. The maximum absolute atomic E-state index is 12.7. The number of para-hydroxylation sites is 1. The van der Waals surface area contributed by atoms with Crippen LogP contribution in [0.1, 0.15) is 36.2 Å². The van der Waals surface area contributed by atoms with Crippen LogP contribution in [-0.4, -0.2) is 31.7 Å². The third-order valence-electron chi connectivity index (χ3n) is 4.86. The number of carbonyl (C=O) groups is 2. The fourth-order valence-electron chi connectivity index (χ4n) is 3.37. The van der Waals surface area contributed by atoms with Crippen LogP contribution in [0.25, 0.3) is 5.57 Å². The van der Waals surface area contributed by atoms with Crippen molar-refractivity contribution < 1.29 is 19.1 Å². The summed E-state index contributed by atoms with van der Waals surface area (Å²) in [7, 11) is 1.35. The van der Waals surface area contributed by atoms with Gasteiger partial charge in [0, 0.05) is 11.9 Å². The van der Waals surface area contributed by atoms with Gasteiger partial charge in [0.05, 0.1) is 30.9 Å². The molecule has 2 aromatic rings. The Kier molecular flexibility index (Phi) is 6.50. The molecule has 0 aromatic heterocycles. The molecule has 0 bridgehead atoms. The second-order valence-corrected chi connectivity index (χ2v) is 6.63.